The van der Waals surface area contributed by atoms with Gasteiger partial charge < -0.3 is 4.74 Å². The Balaban J connectivity index is 1.70. The first kappa shape index (κ1) is 18.4. The smallest absolute Gasteiger partial charge is 0.267 e. The van der Waals surface area contributed by atoms with Gasteiger partial charge in [0.25, 0.3) is 5.56 Å². The molecular weight excluding hydrogens is 364 g/mol. The molecule has 0 bridgehead atoms. The molecule has 0 saturated heterocycles. The van der Waals surface area contributed by atoms with E-state index in [1.807, 2.05) is 79.7 Å². The Morgan fingerprint density at radius 3 is 2.48 bits per heavy atom. The van der Waals surface area contributed by atoms with Crippen molar-refractivity contribution in [1.29, 1.82) is 0 Å². The third kappa shape index (κ3) is 4.01. The van der Waals surface area contributed by atoms with Crippen LogP contribution in [0.5, 0.6) is 5.75 Å². The second kappa shape index (κ2) is 8.39. The molecule has 0 spiro atoms. The van der Waals surface area contributed by atoms with Crippen molar-refractivity contribution in [2.45, 2.75) is 6.92 Å². The molecule has 0 saturated carbocycles. The molecule has 4 aromatic rings. The number of benzene rings is 3. The van der Waals surface area contributed by atoms with Gasteiger partial charge in [-0.15, -0.1) is 0 Å². The lowest BCUT2D eigenvalue weighted by Crippen LogP contribution is -2.22. The molecular formula is C23H20N4O2. The maximum Gasteiger partial charge on any atom is 0.267 e. The van der Waals surface area contributed by atoms with Crippen LogP contribution >= 0.6 is 0 Å². The Morgan fingerprint density at radius 1 is 1.00 bits per heavy atom. The van der Waals surface area contributed by atoms with E-state index in [2.05, 4.69) is 15.5 Å². The highest BCUT2D eigenvalue weighted by Gasteiger charge is 2.11. The highest BCUT2D eigenvalue weighted by molar-refractivity contribution is 5.81. The Bertz CT molecular complexity index is 1200. The van der Waals surface area contributed by atoms with Crippen molar-refractivity contribution < 1.29 is 4.74 Å². The minimum atomic E-state index is -0.152. The number of para-hydroxylation sites is 2. The predicted molar refractivity (Wildman–Crippen MR) is 116 cm³/mol. The van der Waals surface area contributed by atoms with Gasteiger partial charge in [0.15, 0.2) is 0 Å². The fourth-order valence-electron chi connectivity index (χ4n) is 3.01. The molecule has 3 aromatic carbocycles. The Labute approximate surface area is 168 Å². The number of nitrogens with zero attached hydrogens (tertiary/aromatic N) is 3. The first-order valence-corrected chi connectivity index (χ1v) is 9.35. The maximum atomic E-state index is 13.1. The third-order valence-electron chi connectivity index (χ3n) is 4.36. The molecule has 0 aliphatic heterocycles. The number of fused-ring (bicyclic) bond motifs is 1. The van der Waals surface area contributed by atoms with Gasteiger partial charge in [0.05, 0.1) is 29.4 Å². The van der Waals surface area contributed by atoms with Crippen molar-refractivity contribution in [3.8, 4) is 11.4 Å². The number of hydrogen-bond acceptors (Lipinski definition) is 5. The number of rotatable bonds is 6. The molecule has 0 amide bonds. The molecule has 0 fully saturated rings. The average Bonchev–Trinajstić information content (AvgIpc) is 2.76. The Hall–Kier alpha value is -3.93. The van der Waals surface area contributed by atoms with E-state index in [0.29, 0.717) is 23.5 Å². The quantitative estimate of drug-likeness (QED) is 0.399. The van der Waals surface area contributed by atoms with E-state index < -0.39 is 0 Å². The van der Waals surface area contributed by atoms with Crippen LogP contribution in [0.1, 0.15) is 12.5 Å². The van der Waals surface area contributed by atoms with Crippen LogP contribution in [-0.2, 0) is 0 Å². The summed E-state index contributed by atoms with van der Waals surface area (Å²) in [6, 6.07) is 24.3. The Morgan fingerprint density at radius 2 is 1.72 bits per heavy atom. The van der Waals surface area contributed by atoms with Crippen molar-refractivity contribution in [2.75, 3.05) is 12.0 Å². The minimum absolute atomic E-state index is 0.152. The van der Waals surface area contributed by atoms with Crippen molar-refractivity contribution in [3.05, 3.63) is 94.8 Å². The molecule has 4 rings (SSSR count). The summed E-state index contributed by atoms with van der Waals surface area (Å²) in [6.07, 6.45) is 1.67. The summed E-state index contributed by atoms with van der Waals surface area (Å²) in [4.78, 5) is 17.7. The number of anilines is 1. The van der Waals surface area contributed by atoms with E-state index >= 15 is 0 Å². The Kier molecular flexibility index (Phi) is 5.33. The van der Waals surface area contributed by atoms with Gasteiger partial charge in [-0.3, -0.25) is 4.79 Å². The molecule has 29 heavy (non-hydrogen) atoms. The number of hydrogen-bond donors (Lipinski definition) is 1. The van der Waals surface area contributed by atoms with Crippen LogP contribution in [-0.4, -0.2) is 22.4 Å². The normalized spacial score (nSPS) is 11.1. The molecule has 1 aromatic heterocycles. The third-order valence-corrected chi connectivity index (χ3v) is 4.36. The van der Waals surface area contributed by atoms with Gasteiger partial charge in [-0.25, -0.2) is 15.0 Å². The average molecular weight is 384 g/mol. The summed E-state index contributed by atoms with van der Waals surface area (Å²) in [5.41, 5.74) is 5.00. The standard InChI is InChI=1S/C23H20N4O2/c1-2-29-19-14-12-17(13-15-19)16-24-26-23-25-21-11-7-6-10-20(21)22(28)27(23)18-8-4-3-5-9-18/h3-16H,2H2,1H3,(H,25,26)/b24-16+. The summed E-state index contributed by atoms with van der Waals surface area (Å²) in [5, 5.41) is 4.84. The fourth-order valence-corrected chi connectivity index (χ4v) is 3.01. The van der Waals surface area contributed by atoms with Gasteiger partial charge >= 0.3 is 0 Å². The van der Waals surface area contributed by atoms with Crippen LogP contribution in [0.3, 0.4) is 0 Å². The van der Waals surface area contributed by atoms with E-state index in [4.69, 9.17) is 4.74 Å². The summed E-state index contributed by atoms with van der Waals surface area (Å²) in [5.74, 6) is 1.16. The fraction of sp³-hybridized carbons (Fsp3) is 0.0870. The lowest BCUT2D eigenvalue weighted by Gasteiger charge is -2.12. The van der Waals surface area contributed by atoms with Crippen molar-refractivity contribution in [1.82, 2.24) is 9.55 Å². The van der Waals surface area contributed by atoms with E-state index in [-0.39, 0.29) is 5.56 Å². The lowest BCUT2D eigenvalue weighted by atomic mass is 10.2. The van der Waals surface area contributed by atoms with Crippen molar-refractivity contribution in [3.63, 3.8) is 0 Å². The first-order valence-electron chi connectivity index (χ1n) is 9.35. The molecule has 1 N–H and O–H groups in total. The summed E-state index contributed by atoms with van der Waals surface area (Å²) in [7, 11) is 0. The highest BCUT2D eigenvalue weighted by Crippen LogP contribution is 2.16. The van der Waals surface area contributed by atoms with Crippen LogP contribution in [0.25, 0.3) is 16.6 Å². The van der Waals surface area contributed by atoms with Crippen LogP contribution in [0.4, 0.5) is 5.95 Å². The minimum Gasteiger partial charge on any atom is -0.494 e. The van der Waals surface area contributed by atoms with Crippen LogP contribution in [0.2, 0.25) is 0 Å². The number of nitrogens with one attached hydrogen (secondary N) is 1. The van der Waals surface area contributed by atoms with Gasteiger partial charge in [0, 0.05) is 0 Å². The molecule has 1 heterocycles. The SMILES string of the molecule is CCOc1ccc(/C=N/Nc2nc3ccccc3c(=O)n2-c2ccccc2)cc1. The topological polar surface area (TPSA) is 68.5 Å². The van der Waals surface area contributed by atoms with Gasteiger partial charge in [0.1, 0.15) is 5.75 Å². The van der Waals surface area contributed by atoms with Gasteiger partial charge in [-0.1, -0.05) is 30.3 Å². The van der Waals surface area contributed by atoms with Crippen LogP contribution in [0.15, 0.2) is 88.8 Å². The van der Waals surface area contributed by atoms with E-state index in [9.17, 15) is 4.79 Å². The first-order chi connectivity index (χ1) is 14.3. The molecule has 6 nitrogen and oxygen atoms in total. The second-order valence-corrected chi connectivity index (χ2v) is 6.30. The molecule has 0 unspecified atom stereocenters. The van der Waals surface area contributed by atoms with E-state index in [1.54, 1.807) is 12.3 Å². The van der Waals surface area contributed by atoms with Gasteiger partial charge in [-0.2, -0.15) is 5.10 Å². The summed E-state index contributed by atoms with van der Waals surface area (Å²) < 4.78 is 6.97. The zero-order valence-electron chi connectivity index (χ0n) is 15.9. The van der Waals surface area contributed by atoms with E-state index in [1.165, 1.54) is 4.57 Å². The largest absolute Gasteiger partial charge is 0.494 e. The van der Waals surface area contributed by atoms with Crippen LogP contribution < -0.4 is 15.7 Å². The molecule has 6 heteroatoms. The predicted octanol–water partition coefficient (Wildman–Crippen LogP) is 4.23. The summed E-state index contributed by atoms with van der Waals surface area (Å²) >= 11 is 0. The molecule has 0 radical (unpaired) electrons. The highest BCUT2D eigenvalue weighted by atomic mass is 16.5. The zero-order chi connectivity index (χ0) is 20.1. The van der Waals surface area contributed by atoms with Crippen molar-refractivity contribution >= 4 is 23.1 Å². The number of hydrazone groups is 1. The lowest BCUT2D eigenvalue weighted by molar-refractivity contribution is 0.340. The monoisotopic (exact) mass is 384 g/mol. The second-order valence-electron chi connectivity index (χ2n) is 6.30. The van der Waals surface area contributed by atoms with E-state index in [0.717, 1.165) is 17.0 Å². The number of ether oxygens (including phenoxy) is 1. The zero-order valence-corrected chi connectivity index (χ0v) is 15.9. The van der Waals surface area contributed by atoms with Gasteiger partial charge in [0.2, 0.25) is 5.95 Å². The van der Waals surface area contributed by atoms with Gasteiger partial charge in [-0.05, 0) is 61.0 Å². The molecule has 0 aliphatic carbocycles. The number of aromatic nitrogens is 2. The van der Waals surface area contributed by atoms with Crippen molar-refractivity contribution in [2.24, 2.45) is 5.10 Å². The maximum absolute atomic E-state index is 13.1. The molecule has 144 valence electrons. The molecule has 0 atom stereocenters. The summed E-state index contributed by atoms with van der Waals surface area (Å²) in [6.45, 7) is 2.57. The van der Waals surface area contributed by atoms with Crippen LogP contribution in [0, 0.1) is 0 Å². The molecule has 0 aliphatic rings.